The summed E-state index contributed by atoms with van der Waals surface area (Å²) in [5.41, 5.74) is 3.62. The van der Waals surface area contributed by atoms with Gasteiger partial charge in [0.2, 0.25) is 19.2 Å². The van der Waals surface area contributed by atoms with E-state index < -0.39 is 11.7 Å². The molecule has 0 aromatic heterocycles. The molecule has 0 radical (unpaired) electrons. The smallest absolute Gasteiger partial charge is 0.373 e. The molecule has 10 heteroatoms. The Morgan fingerprint density at radius 3 is 1.96 bits per heavy atom. The zero-order valence-corrected chi connectivity index (χ0v) is 27.4. The molecule has 3 rings (SSSR count). The van der Waals surface area contributed by atoms with Gasteiger partial charge in [-0.25, -0.2) is 0 Å². The van der Waals surface area contributed by atoms with E-state index in [0.717, 1.165) is 37.3 Å². The van der Waals surface area contributed by atoms with Gasteiger partial charge in [-0.05, 0) is 81.7 Å². The number of aryl methyl sites for hydroxylation is 2. The third kappa shape index (κ3) is 17.9. The molecule has 0 aliphatic rings. The van der Waals surface area contributed by atoms with E-state index in [-0.39, 0.29) is 17.7 Å². The van der Waals surface area contributed by atoms with Crippen LogP contribution in [0.15, 0.2) is 78.9 Å². The van der Waals surface area contributed by atoms with Gasteiger partial charge in [-0.15, -0.1) is 0 Å². The van der Waals surface area contributed by atoms with Crippen LogP contribution in [-0.4, -0.2) is 43.5 Å². The number of ether oxygens (including phenoxy) is 1. The van der Waals surface area contributed by atoms with Crippen LogP contribution in [0.3, 0.4) is 0 Å². The molecule has 2 atom stereocenters. The molecular weight excluding hydrogens is 595 g/mol. The molecule has 0 spiro atoms. The van der Waals surface area contributed by atoms with E-state index in [1.807, 2.05) is 55.5 Å². The summed E-state index contributed by atoms with van der Waals surface area (Å²) in [6.45, 7) is 11.1. The molecule has 3 N–H and O–H groups in total. The van der Waals surface area contributed by atoms with Gasteiger partial charge in [0.05, 0.1) is 17.3 Å². The van der Waals surface area contributed by atoms with Crippen LogP contribution in [0.5, 0.6) is 0 Å². The van der Waals surface area contributed by atoms with Crippen molar-refractivity contribution >= 4 is 19.2 Å². The highest BCUT2D eigenvalue weighted by molar-refractivity contribution is 5.48. The highest BCUT2D eigenvalue weighted by atomic mass is 19.4. The van der Waals surface area contributed by atoms with Gasteiger partial charge in [-0.2, -0.15) is 13.2 Å². The second-order valence-electron chi connectivity index (χ2n) is 11.6. The van der Waals surface area contributed by atoms with Crippen molar-refractivity contribution in [1.82, 2.24) is 16.0 Å². The first-order valence-electron chi connectivity index (χ1n) is 15.3. The van der Waals surface area contributed by atoms with E-state index in [1.54, 1.807) is 6.07 Å². The minimum atomic E-state index is -4.22. The topological polar surface area (TPSA) is 96.5 Å². The van der Waals surface area contributed by atoms with E-state index in [4.69, 9.17) is 4.74 Å². The normalized spacial score (nSPS) is 12.2. The monoisotopic (exact) mass is 643 g/mol. The van der Waals surface area contributed by atoms with Crippen molar-refractivity contribution in [3.8, 4) is 0 Å². The number of amides is 3. The summed E-state index contributed by atoms with van der Waals surface area (Å²) >= 11 is 0. The van der Waals surface area contributed by atoms with Gasteiger partial charge in [0.1, 0.15) is 0 Å². The fourth-order valence-corrected chi connectivity index (χ4v) is 4.52. The largest absolute Gasteiger partial charge is 0.416 e. The number of halogens is 3. The first kappa shape index (κ1) is 39.8. The molecule has 0 saturated heterocycles. The summed E-state index contributed by atoms with van der Waals surface area (Å²) in [5, 5.41) is 7.96. The molecule has 3 amide bonds. The Morgan fingerprint density at radius 1 is 0.783 bits per heavy atom. The van der Waals surface area contributed by atoms with Crippen LogP contribution in [-0.2, 0) is 51.1 Å². The molecule has 0 aliphatic carbocycles. The lowest BCUT2D eigenvalue weighted by Gasteiger charge is -2.25. The van der Waals surface area contributed by atoms with E-state index in [9.17, 15) is 27.6 Å². The molecule has 3 aromatic carbocycles. The predicted octanol–water partition coefficient (Wildman–Crippen LogP) is 6.43. The lowest BCUT2D eigenvalue weighted by molar-refractivity contribution is -0.137. The molecule has 0 bridgehead atoms. The van der Waals surface area contributed by atoms with Crippen molar-refractivity contribution < 1.29 is 32.3 Å². The first-order chi connectivity index (χ1) is 21.8. The minimum absolute atomic E-state index is 0.0112. The van der Waals surface area contributed by atoms with Crippen LogP contribution in [0.4, 0.5) is 13.2 Å². The predicted molar refractivity (Wildman–Crippen MR) is 176 cm³/mol. The highest BCUT2D eigenvalue weighted by Gasteiger charge is 2.30. The summed E-state index contributed by atoms with van der Waals surface area (Å²) < 4.78 is 42.2. The SMILES string of the molecule is CCc1cccc(C(F)(F)F)c1.C[C@@H](Cc1ccccc1CNC=O)OC(C)(C)C.O=CNC[C@H](CCc1ccccc1)NC=O. The maximum Gasteiger partial charge on any atom is 0.416 e. The van der Waals surface area contributed by atoms with Gasteiger partial charge in [0.15, 0.2) is 0 Å². The number of benzene rings is 3. The Kier molecular flexibility index (Phi) is 18.7. The summed E-state index contributed by atoms with van der Waals surface area (Å²) in [5.74, 6) is 0. The molecule has 0 saturated carbocycles. The molecule has 7 nitrogen and oxygen atoms in total. The zero-order chi connectivity index (χ0) is 34.4. The number of carbonyl (C=O) groups is 3. The quantitative estimate of drug-likeness (QED) is 0.167. The summed E-state index contributed by atoms with van der Waals surface area (Å²) in [7, 11) is 0. The number of hydrogen-bond acceptors (Lipinski definition) is 4. The Bertz CT molecular complexity index is 1280. The van der Waals surface area contributed by atoms with Crippen molar-refractivity contribution in [2.75, 3.05) is 6.54 Å². The molecule has 252 valence electrons. The molecule has 0 fully saturated rings. The Labute approximate surface area is 271 Å². The van der Waals surface area contributed by atoms with Crippen LogP contribution >= 0.6 is 0 Å². The fourth-order valence-electron chi connectivity index (χ4n) is 4.52. The number of hydrogen-bond donors (Lipinski definition) is 3. The lowest BCUT2D eigenvalue weighted by atomic mass is 10.0. The highest BCUT2D eigenvalue weighted by Crippen LogP contribution is 2.29. The van der Waals surface area contributed by atoms with Crippen molar-refractivity contribution in [1.29, 1.82) is 0 Å². The minimum Gasteiger partial charge on any atom is -0.373 e. The summed E-state index contributed by atoms with van der Waals surface area (Å²) in [6, 6.07) is 23.5. The molecule has 46 heavy (non-hydrogen) atoms. The van der Waals surface area contributed by atoms with Gasteiger partial charge in [0.25, 0.3) is 0 Å². The van der Waals surface area contributed by atoms with Crippen LogP contribution in [0.25, 0.3) is 0 Å². The third-order valence-electron chi connectivity index (χ3n) is 6.59. The van der Waals surface area contributed by atoms with E-state index in [2.05, 4.69) is 49.7 Å². The standard InChI is InChI=1S/C15H23NO2.C12H16N2O2.C9H9F3/c1-12(18-15(2,3)4)9-13-7-5-6-8-14(13)10-16-11-17;15-9-13-8-12(14-10-16)7-6-11-4-2-1-3-5-11;1-2-7-4-3-5-8(6-7)9(10,11)12/h5-8,11-12H,9-10H2,1-4H3,(H,16,17);1-5,9-10,12H,6-8H2,(H,13,15)(H,14,16);3-6H,2H2,1H3/t2*12-;/m00./s1. The van der Waals surface area contributed by atoms with Crippen molar-refractivity contribution in [3.05, 3.63) is 107 Å². The van der Waals surface area contributed by atoms with Crippen molar-refractivity contribution in [3.63, 3.8) is 0 Å². The molecule has 0 unspecified atom stereocenters. The third-order valence-corrected chi connectivity index (χ3v) is 6.59. The summed E-state index contributed by atoms with van der Waals surface area (Å²) in [6.07, 6.45) is 1.15. The number of alkyl halides is 3. The fraction of sp³-hybridized carbons (Fsp3) is 0.417. The average Bonchev–Trinajstić information content (AvgIpc) is 3.02. The first-order valence-corrected chi connectivity index (χ1v) is 15.3. The van der Waals surface area contributed by atoms with Gasteiger partial charge in [-0.1, -0.05) is 79.7 Å². The molecule has 3 aromatic rings. The van der Waals surface area contributed by atoms with E-state index in [1.165, 1.54) is 23.3 Å². The number of carbonyl (C=O) groups excluding carboxylic acids is 3. The lowest BCUT2D eigenvalue weighted by Crippen LogP contribution is -2.37. The summed E-state index contributed by atoms with van der Waals surface area (Å²) in [4.78, 5) is 30.9. The van der Waals surface area contributed by atoms with Crippen LogP contribution in [0, 0.1) is 0 Å². The van der Waals surface area contributed by atoms with E-state index >= 15 is 0 Å². The average molecular weight is 644 g/mol. The Balaban J connectivity index is 0.000000352. The zero-order valence-electron chi connectivity index (χ0n) is 27.4. The van der Waals surface area contributed by atoms with E-state index in [0.29, 0.717) is 37.9 Å². The number of nitrogens with one attached hydrogen (secondary N) is 3. The molecule has 0 aliphatic heterocycles. The Hall–Kier alpha value is -4.18. The van der Waals surface area contributed by atoms with Crippen LogP contribution in [0.2, 0.25) is 0 Å². The maximum atomic E-state index is 12.1. The van der Waals surface area contributed by atoms with Gasteiger partial charge in [-0.3, -0.25) is 14.4 Å². The van der Waals surface area contributed by atoms with Crippen molar-refractivity contribution in [2.45, 2.75) is 90.8 Å². The molecule has 0 heterocycles. The maximum absolute atomic E-state index is 12.1. The van der Waals surface area contributed by atoms with Crippen LogP contribution in [0.1, 0.15) is 68.9 Å². The number of rotatable bonds is 15. The van der Waals surface area contributed by atoms with Crippen LogP contribution < -0.4 is 16.0 Å². The Morgan fingerprint density at radius 2 is 1.39 bits per heavy atom. The second-order valence-corrected chi connectivity index (χ2v) is 11.6. The van der Waals surface area contributed by atoms with Crippen molar-refractivity contribution in [2.24, 2.45) is 0 Å². The van der Waals surface area contributed by atoms with Gasteiger partial charge >= 0.3 is 6.18 Å². The molecular formula is C36H48F3N3O4. The second kappa shape index (κ2) is 21.5. The van der Waals surface area contributed by atoms with Gasteiger partial charge in [0, 0.05) is 19.1 Å². The van der Waals surface area contributed by atoms with Gasteiger partial charge < -0.3 is 20.7 Å².